The van der Waals surface area contributed by atoms with Gasteiger partial charge in [-0.25, -0.2) is 0 Å². The van der Waals surface area contributed by atoms with Gasteiger partial charge < -0.3 is 9.64 Å². The number of ether oxygens (including phenoxy) is 1. The van der Waals surface area contributed by atoms with Gasteiger partial charge in [0.1, 0.15) is 0 Å². The number of para-hydroxylation sites is 1. The quantitative estimate of drug-likeness (QED) is 0.776. The molecule has 4 rings (SSSR count). The Balaban J connectivity index is 1.66. The molecule has 0 saturated carbocycles. The van der Waals surface area contributed by atoms with Crippen molar-refractivity contribution in [1.29, 1.82) is 0 Å². The Bertz CT molecular complexity index is 724. The second kappa shape index (κ2) is 6.91. The van der Waals surface area contributed by atoms with Gasteiger partial charge in [-0.2, -0.15) is 4.99 Å². The van der Waals surface area contributed by atoms with Crippen LogP contribution in [0.25, 0.3) is 0 Å². The minimum Gasteiger partial charge on any atom is -0.464 e. The smallest absolute Gasteiger partial charge is 0.293 e. The molecule has 2 aromatic carbocycles. The van der Waals surface area contributed by atoms with E-state index in [1.54, 1.807) is 0 Å². The molecule has 0 amide bonds. The molecule has 1 aliphatic heterocycles. The van der Waals surface area contributed by atoms with E-state index < -0.39 is 0 Å². The number of fused-ring (bicyclic) bond motifs is 1. The first-order valence-corrected chi connectivity index (χ1v) is 8.62. The minimum absolute atomic E-state index is 0.464. The summed E-state index contributed by atoms with van der Waals surface area (Å²) in [5.74, 6) is 0.549. The number of amidine groups is 1. The summed E-state index contributed by atoms with van der Waals surface area (Å²) in [5.41, 5.74) is 2.23. The van der Waals surface area contributed by atoms with E-state index in [0.717, 1.165) is 37.7 Å². The van der Waals surface area contributed by atoms with Crippen molar-refractivity contribution in [3.8, 4) is 0 Å². The standard InChI is InChI=1S/C21H22N2O/c1-3-9-17(10-4-1)15-23-20-14-8-7-11-18(20)16-24-21(23)22-19-12-5-2-6-13-19/h1-10,12-13,18,20H,11,14-16H2. The molecule has 1 heterocycles. The average molecular weight is 318 g/mol. The Kier molecular flexibility index (Phi) is 4.32. The lowest BCUT2D eigenvalue weighted by atomic mass is 9.87. The van der Waals surface area contributed by atoms with E-state index in [1.165, 1.54) is 5.56 Å². The summed E-state index contributed by atoms with van der Waals surface area (Å²) in [6.45, 7) is 1.59. The van der Waals surface area contributed by atoms with Crippen molar-refractivity contribution in [2.75, 3.05) is 6.61 Å². The van der Waals surface area contributed by atoms with Crippen molar-refractivity contribution in [3.63, 3.8) is 0 Å². The fourth-order valence-electron chi connectivity index (χ4n) is 3.50. The number of allylic oxidation sites excluding steroid dienone is 1. The Labute approximate surface area is 143 Å². The van der Waals surface area contributed by atoms with Crippen LogP contribution in [-0.4, -0.2) is 23.6 Å². The molecule has 0 spiro atoms. The van der Waals surface area contributed by atoms with Gasteiger partial charge >= 0.3 is 0 Å². The number of nitrogens with zero attached hydrogens (tertiary/aromatic N) is 2. The monoisotopic (exact) mass is 318 g/mol. The number of benzene rings is 2. The molecular formula is C21H22N2O. The average Bonchev–Trinajstić information content (AvgIpc) is 2.65. The predicted molar refractivity (Wildman–Crippen MR) is 97.1 cm³/mol. The summed E-state index contributed by atoms with van der Waals surface area (Å²) in [4.78, 5) is 7.13. The van der Waals surface area contributed by atoms with Crippen LogP contribution in [0.5, 0.6) is 0 Å². The van der Waals surface area contributed by atoms with Crippen LogP contribution in [0.4, 0.5) is 5.69 Å². The highest BCUT2D eigenvalue weighted by Crippen LogP contribution is 2.31. The first-order valence-electron chi connectivity index (χ1n) is 8.62. The highest BCUT2D eigenvalue weighted by atomic mass is 16.5. The summed E-state index contributed by atoms with van der Waals surface area (Å²) in [7, 11) is 0. The molecule has 122 valence electrons. The van der Waals surface area contributed by atoms with Crippen LogP contribution in [0.3, 0.4) is 0 Å². The predicted octanol–water partition coefficient (Wildman–Crippen LogP) is 4.54. The number of hydrogen-bond acceptors (Lipinski definition) is 2. The van der Waals surface area contributed by atoms with Crippen LogP contribution in [0.15, 0.2) is 77.8 Å². The Morgan fingerprint density at radius 1 is 0.917 bits per heavy atom. The second-order valence-electron chi connectivity index (χ2n) is 6.42. The van der Waals surface area contributed by atoms with E-state index in [0.29, 0.717) is 12.0 Å². The third kappa shape index (κ3) is 3.21. The van der Waals surface area contributed by atoms with Crippen molar-refractivity contribution in [1.82, 2.24) is 4.90 Å². The Morgan fingerprint density at radius 2 is 1.62 bits per heavy atom. The highest BCUT2D eigenvalue weighted by Gasteiger charge is 2.36. The van der Waals surface area contributed by atoms with E-state index in [-0.39, 0.29) is 0 Å². The largest absolute Gasteiger partial charge is 0.464 e. The van der Waals surface area contributed by atoms with Crippen molar-refractivity contribution < 1.29 is 4.74 Å². The van der Waals surface area contributed by atoms with Gasteiger partial charge in [0.25, 0.3) is 6.02 Å². The van der Waals surface area contributed by atoms with Gasteiger partial charge in [-0.05, 0) is 30.5 Å². The number of hydrogen-bond donors (Lipinski definition) is 0. The van der Waals surface area contributed by atoms with E-state index in [2.05, 4.69) is 47.4 Å². The van der Waals surface area contributed by atoms with Crippen LogP contribution >= 0.6 is 0 Å². The molecular weight excluding hydrogens is 296 g/mol. The number of rotatable bonds is 3. The van der Waals surface area contributed by atoms with Crippen LogP contribution in [-0.2, 0) is 11.3 Å². The van der Waals surface area contributed by atoms with Gasteiger partial charge in [0.2, 0.25) is 0 Å². The summed E-state index contributed by atoms with van der Waals surface area (Å²) in [6, 6.07) is 21.9. The molecule has 3 heteroatoms. The molecule has 1 saturated heterocycles. The summed E-state index contributed by atoms with van der Waals surface area (Å²) in [5, 5.41) is 0. The maximum absolute atomic E-state index is 6.08. The first-order chi connectivity index (χ1) is 11.9. The minimum atomic E-state index is 0.464. The SMILES string of the molecule is C1=CCC2C(C1)COC(=Nc1ccccc1)N2Cc1ccccc1. The number of aliphatic imine (C=N–C) groups is 1. The normalized spacial score (nSPS) is 24.5. The van der Waals surface area contributed by atoms with Crippen LogP contribution < -0.4 is 0 Å². The molecule has 2 atom stereocenters. The van der Waals surface area contributed by atoms with Crippen LogP contribution in [0.2, 0.25) is 0 Å². The molecule has 0 N–H and O–H groups in total. The molecule has 2 aromatic rings. The van der Waals surface area contributed by atoms with Gasteiger partial charge in [0.05, 0.1) is 12.3 Å². The summed E-state index contributed by atoms with van der Waals surface area (Å²) >= 11 is 0. The van der Waals surface area contributed by atoms with Gasteiger partial charge in [-0.15, -0.1) is 0 Å². The van der Waals surface area contributed by atoms with Gasteiger partial charge in [-0.3, -0.25) is 0 Å². The van der Waals surface area contributed by atoms with Crippen LogP contribution in [0, 0.1) is 5.92 Å². The van der Waals surface area contributed by atoms with E-state index >= 15 is 0 Å². The van der Waals surface area contributed by atoms with E-state index in [4.69, 9.17) is 9.73 Å². The van der Waals surface area contributed by atoms with E-state index in [9.17, 15) is 0 Å². The zero-order valence-corrected chi connectivity index (χ0v) is 13.7. The lowest BCUT2D eigenvalue weighted by Gasteiger charge is -2.43. The second-order valence-corrected chi connectivity index (χ2v) is 6.42. The van der Waals surface area contributed by atoms with Gasteiger partial charge in [-0.1, -0.05) is 60.7 Å². The van der Waals surface area contributed by atoms with Crippen molar-refractivity contribution >= 4 is 11.7 Å². The van der Waals surface area contributed by atoms with Crippen LogP contribution in [0.1, 0.15) is 18.4 Å². The van der Waals surface area contributed by atoms with Crippen molar-refractivity contribution in [2.45, 2.75) is 25.4 Å². The molecule has 1 fully saturated rings. The Morgan fingerprint density at radius 3 is 2.42 bits per heavy atom. The van der Waals surface area contributed by atoms with Crippen molar-refractivity contribution in [3.05, 3.63) is 78.4 Å². The highest BCUT2D eigenvalue weighted by molar-refractivity contribution is 5.78. The molecule has 1 aliphatic carbocycles. The lowest BCUT2D eigenvalue weighted by molar-refractivity contribution is 0.0600. The van der Waals surface area contributed by atoms with Crippen molar-refractivity contribution in [2.24, 2.45) is 10.9 Å². The fourth-order valence-corrected chi connectivity index (χ4v) is 3.50. The maximum Gasteiger partial charge on any atom is 0.293 e. The topological polar surface area (TPSA) is 24.8 Å². The lowest BCUT2D eigenvalue weighted by Crippen LogP contribution is -2.51. The molecule has 24 heavy (non-hydrogen) atoms. The molecule has 3 nitrogen and oxygen atoms in total. The summed E-state index contributed by atoms with van der Waals surface area (Å²) < 4.78 is 6.08. The fraction of sp³-hybridized carbons (Fsp3) is 0.286. The van der Waals surface area contributed by atoms with E-state index in [1.807, 2.05) is 30.3 Å². The third-order valence-electron chi connectivity index (χ3n) is 4.78. The van der Waals surface area contributed by atoms with Gasteiger partial charge in [0, 0.05) is 18.5 Å². The zero-order chi connectivity index (χ0) is 16.2. The first kappa shape index (κ1) is 15.0. The molecule has 2 aliphatic rings. The molecule has 2 unspecified atom stereocenters. The molecule has 0 aromatic heterocycles. The third-order valence-corrected chi connectivity index (χ3v) is 4.78. The maximum atomic E-state index is 6.08. The summed E-state index contributed by atoms with van der Waals surface area (Å²) in [6.07, 6.45) is 6.73. The zero-order valence-electron chi connectivity index (χ0n) is 13.7. The molecule has 0 bridgehead atoms. The Hall–Kier alpha value is -2.55. The molecule has 0 radical (unpaired) electrons. The van der Waals surface area contributed by atoms with Gasteiger partial charge in [0.15, 0.2) is 0 Å².